The third-order valence-electron chi connectivity index (χ3n) is 6.06. The molecule has 5 nitrogen and oxygen atoms in total. The van der Waals surface area contributed by atoms with Crippen molar-refractivity contribution in [3.8, 4) is 0 Å². The summed E-state index contributed by atoms with van der Waals surface area (Å²) in [4.78, 5) is 28.6. The fourth-order valence-corrected chi connectivity index (χ4v) is 4.19. The smallest absolute Gasteiger partial charge is 0.317 e. The van der Waals surface area contributed by atoms with E-state index in [4.69, 9.17) is 0 Å². The van der Waals surface area contributed by atoms with Crippen molar-refractivity contribution in [3.05, 3.63) is 11.6 Å². The van der Waals surface area contributed by atoms with Crippen molar-refractivity contribution >= 4 is 11.9 Å². The quantitative estimate of drug-likeness (QED) is 0.779. The number of amides is 3. The third-order valence-corrected chi connectivity index (χ3v) is 6.06. The van der Waals surface area contributed by atoms with Crippen molar-refractivity contribution in [2.45, 2.75) is 70.8 Å². The van der Waals surface area contributed by atoms with Gasteiger partial charge in [0, 0.05) is 38.3 Å². The van der Waals surface area contributed by atoms with E-state index in [-0.39, 0.29) is 11.9 Å². The Morgan fingerprint density at radius 1 is 0.920 bits per heavy atom. The highest BCUT2D eigenvalue weighted by Crippen LogP contribution is 2.27. The van der Waals surface area contributed by atoms with Gasteiger partial charge in [0.25, 0.3) is 0 Å². The van der Waals surface area contributed by atoms with Crippen LogP contribution in [0.4, 0.5) is 4.79 Å². The van der Waals surface area contributed by atoms with Crippen LogP contribution < -0.4 is 5.32 Å². The zero-order valence-corrected chi connectivity index (χ0v) is 15.6. The van der Waals surface area contributed by atoms with E-state index >= 15 is 0 Å². The van der Waals surface area contributed by atoms with Gasteiger partial charge in [0.15, 0.2) is 0 Å². The van der Waals surface area contributed by atoms with E-state index in [1.54, 1.807) is 0 Å². The lowest BCUT2D eigenvalue weighted by molar-refractivity contribution is -0.127. The molecule has 3 amide bonds. The van der Waals surface area contributed by atoms with Gasteiger partial charge in [0.1, 0.15) is 0 Å². The number of nitrogens with one attached hydrogen (secondary N) is 1. The maximum Gasteiger partial charge on any atom is 0.317 e. The molecule has 1 saturated heterocycles. The van der Waals surface area contributed by atoms with Gasteiger partial charge in [-0.2, -0.15) is 0 Å². The monoisotopic (exact) mass is 347 g/mol. The molecule has 140 valence electrons. The minimum atomic E-state index is 0.0543. The van der Waals surface area contributed by atoms with E-state index in [0.29, 0.717) is 32.2 Å². The van der Waals surface area contributed by atoms with E-state index < -0.39 is 0 Å². The number of allylic oxidation sites excluding steroid dienone is 1. The molecule has 1 N–H and O–H groups in total. The van der Waals surface area contributed by atoms with Crippen LogP contribution in [0.5, 0.6) is 0 Å². The van der Waals surface area contributed by atoms with Crippen LogP contribution in [-0.2, 0) is 4.79 Å². The van der Waals surface area contributed by atoms with Crippen LogP contribution in [0, 0.1) is 5.92 Å². The maximum absolute atomic E-state index is 12.5. The number of hydrogen-bond acceptors (Lipinski definition) is 2. The Labute approximate surface area is 151 Å². The molecule has 2 saturated carbocycles. The Balaban J connectivity index is 1.42. The Morgan fingerprint density at radius 3 is 2.16 bits per heavy atom. The van der Waals surface area contributed by atoms with Gasteiger partial charge in [-0.1, -0.05) is 31.8 Å². The Morgan fingerprint density at radius 2 is 1.52 bits per heavy atom. The predicted octanol–water partition coefficient (Wildman–Crippen LogP) is 3.31. The number of carbonyl (C=O) groups excluding carboxylic acids is 2. The highest BCUT2D eigenvalue weighted by atomic mass is 16.2. The van der Waals surface area contributed by atoms with Gasteiger partial charge in [-0.3, -0.25) is 4.79 Å². The highest BCUT2D eigenvalue weighted by molar-refractivity contribution is 5.88. The first-order valence-electron chi connectivity index (χ1n) is 10.2. The Bertz CT molecular complexity index is 493. The third kappa shape index (κ3) is 5.23. The average molecular weight is 348 g/mol. The molecule has 0 radical (unpaired) electrons. The molecule has 0 aromatic rings. The van der Waals surface area contributed by atoms with Crippen LogP contribution in [0.15, 0.2) is 11.6 Å². The van der Waals surface area contributed by atoms with Crippen molar-refractivity contribution in [1.82, 2.24) is 15.1 Å². The molecule has 3 fully saturated rings. The zero-order chi connectivity index (χ0) is 17.6. The summed E-state index contributed by atoms with van der Waals surface area (Å²) in [6.45, 7) is 4.87. The molecule has 3 rings (SSSR count). The standard InChI is InChI=1S/C20H33N3O2/c1-16-7-9-17(10-8-16)15-19(24)22-11-13-23(14-12-22)20(25)21-18-5-3-2-4-6-18/h15-16,18H,2-14H2,1H3,(H,21,25). The lowest BCUT2D eigenvalue weighted by Crippen LogP contribution is -2.54. The van der Waals surface area contributed by atoms with E-state index in [9.17, 15) is 9.59 Å². The molecule has 2 aliphatic carbocycles. The van der Waals surface area contributed by atoms with Crippen molar-refractivity contribution in [3.63, 3.8) is 0 Å². The van der Waals surface area contributed by atoms with Crippen molar-refractivity contribution in [1.29, 1.82) is 0 Å². The van der Waals surface area contributed by atoms with Crippen LogP contribution in [-0.4, -0.2) is 54.0 Å². The van der Waals surface area contributed by atoms with Gasteiger partial charge in [-0.15, -0.1) is 0 Å². The molecule has 1 aliphatic heterocycles. The second-order valence-corrected chi connectivity index (χ2v) is 8.08. The molecule has 3 aliphatic rings. The number of nitrogens with zero attached hydrogens (tertiary/aromatic N) is 2. The SMILES string of the molecule is CC1CCC(=CC(=O)N2CCN(C(=O)NC3CCCCC3)CC2)CC1. The number of piperazine rings is 1. The molecule has 25 heavy (non-hydrogen) atoms. The molecule has 0 spiro atoms. The summed E-state index contributed by atoms with van der Waals surface area (Å²) < 4.78 is 0. The fourth-order valence-electron chi connectivity index (χ4n) is 4.19. The number of hydrogen-bond donors (Lipinski definition) is 1. The second-order valence-electron chi connectivity index (χ2n) is 8.08. The predicted molar refractivity (Wildman–Crippen MR) is 99.3 cm³/mol. The number of urea groups is 1. The van der Waals surface area contributed by atoms with Gasteiger partial charge < -0.3 is 15.1 Å². The Hall–Kier alpha value is -1.52. The lowest BCUT2D eigenvalue weighted by atomic mass is 9.87. The minimum absolute atomic E-state index is 0.0543. The number of rotatable bonds is 2. The van der Waals surface area contributed by atoms with E-state index in [2.05, 4.69) is 12.2 Å². The van der Waals surface area contributed by atoms with Crippen LogP contribution in [0.25, 0.3) is 0 Å². The largest absolute Gasteiger partial charge is 0.336 e. The molecule has 0 aromatic heterocycles. The van der Waals surface area contributed by atoms with Gasteiger partial charge in [-0.25, -0.2) is 4.79 Å². The fraction of sp³-hybridized carbons (Fsp3) is 0.800. The maximum atomic E-state index is 12.5. The Kier molecular flexibility index (Phi) is 6.38. The summed E-state index contributed by atoms with van der Waals surface area (Å²) in [6.07, 6.45) is 12.4. The van der Waals surface area contributed by atoms with Crippen molar-refractivity contribution < 1.29 is 9.59 Å². The minimum Gasteiger partial charge on any atom is -0.336 e. The zero-order valence-electron chi connectivity index (χ0n) is 15.6. The number of carbonyl (C=O) groups is 2. The van der Waals surface area contributed by atoms with Crippen LogP contribution >= 0.6 is 0 Å². The lowest BCUT2D eigenvalue weighted by Gasteiger charge is -2.35. The summed E-state index contributed by atoms with van der Waals surface area (Å²) in [5.74, 6) is 0.926. The summed E-state index contributed by atoms with van der Waals surface area (Å²) in [6, 6.07) is 0.401. The molecular weight excluding hydrogens is 314 g/mol. The van der Waals surface area contributed by atoms with E-state index in [1.165, 1.54) is 37.7 Å². The average Bonchev–Trinajstić information content (AvgIpc) is 2.64. The molecule has 5 heteroatoms. The summed E-state index contributed by atoms with van der Waals surface area (Å²) >= 11 is 0. The van der Waals surface area contributed by atoms with Gasteiger partial charge >= 0.3 is 6.03 Å². The summed E-state index contributed by atoms with van der Waals surface area (Å²) in [7, 11) is 0. The van der Waals surface area contributed by atoms with Gasteiger partial charge in [0.2, 0.25) is 5.91 Å². The molecule has 0 unspecified atom stereocenters. The molecular formula is C20H33N3O2. The van der Waals surface area contributed by atoms with Crippen molar-refractivity contribution in [2.75, 3.05) is 26.2 Å². The first-order chi connectivity index (χ1) is 12.1. The summed E-state index contributed by atoms with van der Waals surface area (Å²) in [5.41, 5.74) is 1.31. The van der Waals surface area contributed by atoms with Gasteiger partial charge in [0.05, 0.1) is 0 Å². The van der Waals surface area contributed by atoms with Gasteiger partial charge in [-0.05, 0) is 44.4 Å². The first-order valence-corrected chi connectivity index (χ1v) is 10.2. The summed E-state index contributed by atoms with van der Waals surface area (Å²) in [5, 5.41) is 3.17. The van der Waals surface area contributed by atoms with Crippen LogP contribution in [0.1, 0.15) is 64.7 Å². The van der Waals surface area contributed by atoms with Crippen LogP contribution in [0.3, 0.4) is 0 Å². The van der Waals surface area contributed by atoms with E-state index in [0.717, 1.165) is 31.6 Å². The van der Waals surface area contributed by atoms with E-state index in [1.807, 2.05) is 15.9 Å². The topological polar surface area (TPSA) is 52.7 Å². The molecule has 0 aromatic carbocycles. The molecule has 0 atom stereocenters. The van der Waals surface area contributed by atoms with Crippen LogP contribution in [0.2, 0.25) is 0 Å². The normalized spacial score (nSPS) is 25.6. The second kappa shape index (κ2) is 8.72. The highest BCUT2D eigenvalue weighted by Gasteiger charge is 2.25. The first kappa shape index (κ1) is 18.3. The molecule has 1 heterocycles. The van der Waals surface area contributed by atoms with Crippen molar-refractivity contribution in [2.24, 2.45) is 5.92 Å². The molecule has 0 bridgehead atoms.